The SMILES string of the molecule is CCc1nc2cc(-c3ccc(C(=O)NCCCOC)cc3)ccc2o1. The molecule has 0 aliphatic heterocycles. The number of amides is 1. The van der Waals surface area contributed by atoms with Gasteiger partial charge in [-0.2, -0.15) is 0 Å². The fourth-order valence-electron chi connectivity index (χ4n) is 2.64. The molecule has 0 atom stereocenters. The zero-order valence-corrected chi connectivity index (χ0v) is 14.5. The number of methoxy groups -OCH3 is 1. The minimum atomic E-state index is -0.0674. The first-order valence-electron chi connectivity index (χ1n) is 8.48. The summed E-state index contributed by atoms with van der Waals surface area (Å²) in [5.74, 6) is 0.676. The number of benzene rings is 2. The highest BCUT2D eigenvalue weighted by Crippen LogP contribution is 2.25. The van der Waals surface area contributed by atoms with Crippen molar-refractivity contribution < 1.29 is 13.9 Å². The molecule has 1 amide bonds. The normalized spacial score (nSPS) is 11.0. The maximum absolute atomic E-state index is 12.1. The van der Waals surface area contributed by atoms with Crippen molar-refractivity contribution >= 4 is 17.0 Å². The summed E-state index contributed by atoms with van der Waals surface area (Å²) >= 11 is 0. The largest absolute Gasteiger partial charge is 0.441 e. The highest BCUT2D eigenvalue weighted by atomic mass is 16.5. The van der Waals surface area contributed by atoms with Crippen LogP contribution in [-0.2, 0) is 11.2 Å². The van der Waals surface area contributed by atoms with Gasteiger partial charge in [0.1, 0.15) is 5.52 Å². The smallest absolute Gasteiger partial charge is 0.251 e. The van der Waals surface area contributed by atoms with Gasteiger partial charge in [-0.15, -0.1) is 0 Å². The average molecular weight is 338 g/mol. The molecule has 1 aromatic heterocycles. The van der Waals surface area contributed by atoms with Crippen LogP contribution in [0.15, 0.2) is 46.9 Å². The molecule has 3 rings (SSSR count). The molecule has 5 heteroatoms. The third-order valence-electron chi connectivity index (χ3n) is 4.03. The first-order valence-corrected chi connectivity index (χ1v) is 8.48. The Labute approximate surface area is 147 Å². The van der Waals surface area contributed by atoms with Crippen LogP contribution in [0, 0.1) is 0 Å². The standard InChI is InChI=1S/C20H22N2O3/c1-3-19-22-17-13-16(9-10-18(17)25-19)14-5-7-15(8-6-14)20(23)21-11-4-12-24-2/h5-10,13H,3-4,11-12H2,1-2H3,(H,21,23). The van der Waals surface area contributed by atoms with Crippen molar-refractivity contribution in [1.29, 1.82) is 0 Å². The highest BCUT2D eigenvalue weighted by molar-refractivity contribution is 5.94. The van der Waals surface area contributed by atoms with Gasteiger partial charge in [0.15, 0.2) is 11.5 Å². The Morgan fingerprint density at radius 1 is 1.16 bits per heavy atom. The molecule has 130 valence electrons. The second-order valence-corrected chi connectivity index (χ2v) is 5.82. The first kappa shape index (κ1) is 17.2. The van der Waals surface area contributed by atoms with Crippen molar-refractivity contribution in [2.24, 2.45) is 0 Å². The summed E-state index contributed by atoms with van der Waals surface area (Å²) in [6.45, 7) is 3.27. The molecule has 25 heavy (non-hydrogen) atoms. The van der Waals surface area contributed by atoms with E-state index in [2.05, 4.69) is 10.3 Å². The molecule has 3 aromatic rings. The summed E-state index contributed by atoms with van der Waals surface area (Å²) in [6, 6.07) is 13.5. The fourth-order valence-corrected chi connectivity index (χ4v) is 2.64. The topological polar surface area (TPSA) is 64.4 Å². The number of carbonyl (C=O) groups is 1. The van der Waals surface area contributed by atoms with Crippen LogP contribution < -0.4 is 5.32 Å². The summed E-state index contributed by atoms with van der Waals surface area (Å²) in [7, 11) is 1.65. The number of ether oxygens (including phenoxy) is 1. The van der Waals surface area contributed by atoms with Gasteiger partial charge in [0.05, 0.1) is 0 Å². The number of fused-ring (bicyclic) bond motifs is 1. The molecule has 1 N–H and O–H groups in total. The number of aryl methyl sites for hydroxylation is 1. The number of hydrogen-bond acceptors (Lipinski definition) is 4. The molecular formula is C20H22N2O3. The molecule has 0 saturated carbocycles. The van der Waals surface area contributed by atoms with Crippen LogP contribution in [0.4, 0.5) is 0 Å². The van der Waals surface area contributed by atoms with Crippen LogP contribution in [0.5, 0.6) is 0 Å². The van der Waals surface area contributed by atoms with Gasteiger partial charge in [-0.1, -0.05) is 25.1 Å². The molecule has 0 radical (unpaired) electrons. The Balaban J connectivity index is 1.72. The van der Waals surface area contributed by atoms with Crippen molar-refractivity contribution in [3.8, 4) is 11.1 Å². The maximum Gasteiger partial charge on any atom is 0.251 e. The van der Waals surface area contributed by atoms with E-state index in [-0.39, 0.29) is 5.91 Å². The molecule has 5 nitrogen and oxygen atoms in total. The third kappa shape index (κ3) is 4.06. The summed E-state index contributed by atoms with van der Waals surface area (Å²) in [4.78, 5) is 16.6. The zero-order valence-electron chi connectivity index (χ0n) is 14.5. The van der Waals surface area contributed by atoms with Gasteiger partial charge in [0.2, 0.25) is 0 Å². The molecular weight excluding hydrogens is 316 g/mol. The van der Waals surface area contributed by atoms with E-state index in [0.29, 0.717) is 18.7 Å². The van der Waals surface area contributed by atoms with Crippen molar-refractivity contribution in [2.45, 2.75) is 19.8 Å². The average Bonchev–Trinajstić information content (AvgIpc) is 3.07. The minimum Gasteiger partial charge on any atom is -0.441 e. The number of nitrogens with one attached hydrogen (secondary N) is 1. The highest BCUT2D eigenvalue weighted by Gasteiger charge is 2.08. The van der Waals surface area contributed by atoms with Crippen molar-refractivity contribution in [3.05, 3.63) is 53.9 Å². The predicted molar refractivity (Wildman–Crippen MR) is 97.6 cm³/mol. The number of carbonyl (C=O) groups excluding carboxylic acids is 1. The summed E-state index contributed by atoms with van der Waals surface area (Å²) in [5, 5.41) is 2.89. The van der Waals surface area contributed by atoms with E-state index in [1.165, 1.54) is 0 Å². The second-order valence-electron chi connectivity index (χ2n) is 5.82. The van der Waals surface area contributed by atoms with E-state index in [1.807, 2.05) is 49.4 Å². The van der Waals surface area contributed by atoms with E-state index in [1.54, 1.807) is 7.11 Å². The lowest BCUT2D eigenvalue weighted by Gasteiger charge is -2.06. The van der Waals surface area contributed by atoms with Gasteiger partial charge in [-0.25, -0.2) is 4.98 Å². The molecule has 0 fully saturated rings. The van der Waals surface area contributed by atoms with Gasteiger partial charge < -0.3 is 14.5 Å². The number of aromatic nitrogens is 1. The van der Waals surface area contributed by atoms with E-state index in [9.17, 15) is 4.79 Å². The van der Waals surface area contributed by atoms with Gasteiger partial charge >= 0.3 is 0 Å². The van der Waals surface area contributed by atoms with Gasteiger partial charge in [0.25, 0.3) is 5.91 Å². The second kappa shape index (κ2) is 7.94. The van der Waals surface area contributed by atoms with Crippen LogP contribution in [0.1, 0.15) is 29.6 Å². The van der Waals surface area contributed by atoms with Crippen molar-refractivity contribution in [3.63, 3.8) is 0 Å². The quantitative estimate of drug-likeness (QED) is 0.665. The van der Waals surface area contributed by atoms with Crippen LogP contribution in [0.25, 0.3) is 22.2 Å². The van der Waals surface area contributed by atoms with Gasteiger partial charge in [0, 0.05) is 32.2 Å². The number of rotatable bonds is 7. The van der Waals surface area contributed by atoms with E-state index in [0.717, 1.165) is 41.0 Å². The Morgan fingerprint density at radius 3 is 2.64 bits per heavy atom. The third-order valence-corrected chi connectivity index (χ3v) is 4.03. The van der Waals surface area contributed by atoms with E-state index < -0.39 is 0 Å². The van der Waals surface area contributed by atoms with Crippen LogP contribution in [-0.4, -0.2) is 31.2 Å². The molecule has 0 saturated heterocycles. The minimum absolute atomic E-state index is 0.0674. The monoisotopic (exact) mass is 338 g/mol. The lowest BCUT2D eigenvalue weighted by atomic mass is 10.0. The number of hydrogen-bond donors (Lipinski definition) is 1. The molecule has 2 aromatic carbocycles. The van der Waals surface area contributed by atoms with E-state index in [4.69, 9.17) is 9.15 Å². The lowest BCUT2D eigenvalue weighted by Crippen LogP contribution is -2.25. The van der Waals surface area contributed by atoms with Crippen LogP contribution in [0.3, 0.4) is 0 Å². The molecule has 0 aliphatic carbocycles. The predicted octanol–water partition coefficient (Wildman–Crippen LogP) is 3.82. The summed E-state index contributed by atoms with van der Waals surface area (Å²) in [5.41, 5.74) is 4.40. The van der Waals surface area contributed by atoms with Gasteiger partial charge in [-0.05, 0) is 41.8 Å². The summed E-state index contributed by atoms with van der Waals surface area (Å²) in [6.07, 6.45) is 1.58. The maximum atomic E-state index is 12.1. The van der Waals surface area contributed by atoms with Crippen molar-refractivity contribution in [2.75, 3.05) is 20.3 Å². The van der Waals surface area contributed by atoms with Crippen molar-refractivity contribution in [1.82, 2.24) is 10.3 Å². The van der Waals surface area contributed by atoms with E-state index >= 15 is 0 Å². The molecule has 0 aliphatic rings. The summed E-state index contributed by atoms with van der Waals surface area (Å²) < 4.78 is 10.6. The zero-order chi connectivity index (χ0) is 17.6. The number of oxazole rings is 1. The molecule has 1 heterocycles. The first-order chi connectivity index (χ1) is 12.2. The molecule has 0 unspecified atom stereocenters. The van der Waals surface area contributed by atoms with Crippen LogP contribution in [0.2, 0.25) is 0 Å². The Kier molecular flexibility index (Phi) is 5.46. The van der Waals surface area contributed by atoms with Crippen LogP contribution >= 0.6 is 0 Å². The molecule has 0 spiro atoms. The Bertz CT molecular complexity index is 853. The number of nitrogens with zero attached hydrogens (tertiary/aromatic N) is 1. The Morgan fingerprint density at radius 2 is 1.92 bits per heavy atom. The van der Waals surface area contributed by atoms with Gasteiger partial charge in [-0.3, -0.25) is 4.79 Å². The lowest BCUT2D eigenvalue weighted by molar-refractivity contribution is 0.0948. The Hall–Kier alpha value is -2.66. The fraction of sp³-hybridized carbons (Fsp3) is 0.300. The molecule has 0 bridgehead atoms.